The van der Waals surface area contributed by atoms with Crippen LogP contribution in [0.15, 0.2) is 59.2 Å². The molecule has 1 aromatic heterocycles. The summed E-state index contributed by atoms with van der Waals surface area (Å²) in [5.41, 5.74) is 1.09. The summed E-state index contributed by atoms with van der Waals surface area (Å²) in [5, 5.41) is 9.92. The third-order valence-electron chi connectivity index (χ3n) is 2.97. The smallest absolute Gasteiger partial charge is 0.335 e. The number of carboxylic acid groups (broad SMARTS) is 1. The molecule has 21 heavy (non-hydrogen) atoms. The van der Waals surface area contributed by atoms with Crippen LogP contribution >= 0.6 is 15.9 Å². The summed E-state index contributed by atoms with van der Waals surface area (Å²) in [6, 6.07) is 14.3. The van der Waals surface area contributed by atoms with E-state index < -0.39 is 5.97 Å². The van der Waals surface area contributed by atoms with Crippen LogP contribution in [-0.2, 0) is 0 Å². The number of carboxylic acids is 1. The second-order valence-electron chi connectivity index (χ2n) is 4.42. The summed E-state index contributed by atoms with van der Waals surface area (Å²) in [7, 11) is 0. The van der Waals surface area contributed by atoms with Crippen LogP contribution in [0.2, 0.25) is 0 Å². The molecule has 0 aliphatic heterocycles. The zero-order chi connectivity index (χ0) is 14.8. The van der Waals surface area contributed by atoms with Crippen molar-refractivity contribution in [1.29, 1.82) is 0 Å². The SMILES string of the molecule is O=C(O)c1ccc(Oc2cnc3ccccc3c2)c(Br)c1. The molecule has 0 amide bonds. The van der Waals surface area contributed by atoms with Crippen LogP contribution in [0.5, 0.6) is 11.5 Å². The van der Waals surface area contributed by atoms with Crippen molar-refractivity contribution < 1.29 is 14.6 Å². The molecule has 0 saturated carbocycles. The summed E-state index contributed by atoms with van der Waals surface area (Å²) in [6.45, 7) is 0. The third kappa shape index (κ3) is 2.87. The third-order valence-corrected chi connectivity index (χ3v) is 3.59. The highest BCUT2D eigenvalue weighted by atomic mass is 79.9. The van der Waals surface area contributed by atoms with Gasteiger partial charge < -0.3 is 9.84 Å². The first kappa shape index (κ1) is 13.6. The summed E-state index contributed by atoms with van der Waals surface area (Å²) >= 11 is 3.31. The second-order valence-corrected chi connectivity index (χ2v) is 5.27. The van der Waals surface area contributed by atoms with Gasteiger partial charge in [0.1, 0.15) is 11.5 Å². The van der Waals surface area contributed by atoms with E-state index in [9.17, 15) is 4.79 Å². The molecule has 0 unspecified atom stereocenters. The van der Waals surface area contributed by atoms with Gasteiger partial charge in [-0.25, -0.2) is 4.79 Å². The van der Waals surface area contributed by atoms with E-state index in [4.69, 9.17) is 9.84 Å². The predicted octanol–water partition coefficient (Wildman–Crippen LogP) is 4.49. The fourth-order valence-electron chi connectivity index (χ4n) is 1.95. The van der Waals surface area contributed by atoms with Crippen LogP contribution in [0.1, 0.15) is 10.4 Å². The van der Waals surface area contributed by atoms with Gasteiger partial charge >= 0.3 is 5.97 Å². The lowest BCUT2D eigenvalue weighted by Crippen LogP contribution is -1.96. The Morgan fingerprint density at radius 3 is 2.71 bits per heavy atom. The van der Waals surface area contributed by atoms with Crippen molar-refractivity contribution in [2.75, 3.05) is 0 Å². The molecule has 0 radical (unpaired) electrons. The van der Waals surface area contributed by atoms with Gasteiger partial charge in [0.25, 0.3) is 0 Å². The molecule has 0 atom stereocenters. The van der Waals surface area contributed by atoms with Gasteiger partial charge in [-0.15, -0.1) is 0 Å². The largest absolute Gasteiger partial charge is 0.478 e. The van der Waals surface area contributed by atoms with Gasteiger partial charge in [0, 0.05) is 5.39 Å². The standard InChI is InChI=1S/C16H10BrNO3/c17-13-8-11(16(19)20)5-6-15(13)21-12-7-10-3-1-2-4-14(10)18-9-12/h1-9H,(H,19,20). The van der Waals surface area contributed by atoms with Crippen molar-refractivity contribution in [3.8, 4) is 11.5 Å². The topological polar surface area (TPSA) is 59.4 Å². The minimum Gasteiger partial charge on any atom is -0.478 e. The highest BCUT2D eigenvalue weighted by molar-refractivity contribution is 9.10. The van der Waals surface area contributed by atoms with Crippen molar-refractivity contribution in [1.82, 2.24) is 4.98 Å². The number of ether oxygens (including phenoxy) is 1. The van der Waals surface area contributed by atoms with E-state index >= 15 is 0 Å². The lowest BCUT2D eigenvalue weighted by molar-refractivity contribution is 0.0697. The molecule has 0 aliphatic carbocycles. The van der Waals surface area contributed by atoms with E-state index in [0.717, 1.165) is 10.9 Å². The average molecular weight is 344 g/mol. The lowest BCUT2D eigenvalue weighted by atomic mass is 10.2. The molecule has 0 bridgehead atoms. The molecular weight excluding hydrogens is 334 g/mol. The number of nitrogens with zero attached hydrogens (tertiary/aromatic N) is 1. The Hall–Kier alpha value is -2.40. The van der Waals surface area contributed by atoms with E-state index in [-0.39, 0.29) is 5.56 Å². The maximum Gasteiger partial charge on any atom is 0.335 e. The quantitative estimate of drug-likeness (QED) is 0.761. The van der Waals surface area contributed by atoms with Crippen LogP contribution in [0.3, 0.4) is 0 Å². The maximum atomic E-state index is 10.9. The van der Waals surface area contributed by atoms with Gasteiger partial charge in [-0.2, -0.15) is 0 Å². The molecule has 0 spiro atoms. The van der Waals surface area contributed by atoms with Gasteiger partial charge in [-0.05, 0) is 46.3 Å². The van der Waals surface area contributed by atoms with Gasteiger partial charge in [-0.3, -0.25) is 4.98 Å². The predicted molar refractivity (Wildman–Crippen MR) is 82.9 cm³/mol. The minimum atomic E-state index is -0.977. The summed E-state index contributed by atoms with van der Waals surface area (Å²) in [5.74, 6) is 0.157. The molecule has 1 heterocycles. The van der Waals surface area contributed by atoms with Gasteiger partial charge in [0.05, 0.1) is 21.7 Å². The van der Waals surface area contributed by atoms with E-state index in [1.807, 2.05) is 30.3 Å². The number of hydrogen-bond acceptors (Lipinski definition) is 3. The van der Waals surface area contributed by atoms with E-state index in [2.05, 4.69) is 20.9 Å². The highest BCUT2D eigenvalue weighted by Gasteiger charge is 2.09. The van der Waals surface area contributed by atoms with Crippen molar-refractivity contribution >= 4 is 32.8 Å². The number of rotatable bonds is 3. The first-order chi connectivity index (χ1) is 10.1. The number of hydrogen-bond donors (Lipinski definition) is 1. The summed E-state index contributed by atoms with van der Waals surface area (Å²) < 4.78 is 6.33. The lowest BCUT2D eigenvalue weighted by Gasteiger charge is -2.08. The Morgan fingerprint density at radius 2 is 1.95 bits per heavy atom. The van der Waals surface area contributed by atoms with Crippen LogP contribution in [0, 0.1) is 0 Å². The van der Waals surface area contributed by atoms with Gasteiger partial charge in [0.15, 0.2) is 0 Å². The minimum absolute atomic E-state index is 0.200. The van der Waals surface area contributed by atoms with Crippen LogP contribution in [0.25, 0.3) is 10.9 Å². The zero-order valence-electron chi connectivity index (χ0n) is 10.8. The molecule has 0 aliphatic rings. The van der Waals surface area contributed by atoms with Crippen molar-refractivity contribution in [3.63, 3.8) is 0 Å². The van der Waals surface area contributed by atoms with E-state index in [1.165, 1.54) is 12.1 Å². The molecule has 3 aromatic rings. The van der Waals surface area contributed by atoms with Crippen LogP contribution in [-0.4, -0.2) is 16.1 Å². The summed E-state index contributed by atoms with van der Waals surface area (Å²) in [4.78, 5) is 15.2. The number of fused-ring (bicyclic) bond motifs is 1. The van der Waals surface area contributed by atoms with Crippen LogP contribution in [0.4, 0.5) is 0 Å². The normalized spacial score (nSPS) is 10.5. The number of pyridine rings is 1. The first-order valence-corrected chi connectivity index (χ1v) is 6.98. The van der Waals surface area contributed by atoms with Gasteiger partial charge in [-0.1, -0.05) is 18.2 Å². The Bertz CT molecular complexity index is 833. The van der Waals surface area contributed by atoms with Crippen molar-refractivity contribution in [2.24, 2.45) is 0 Å². The maximum absolute atomic E-state index is 10.9. The molecule has 1 N–H and O–H groups in total. The molecule has 3 rings (SSSR count). The number of carbonyl (C=O) groups is 1. The Labute approximate surface area is 129 Å². The fraction of sp³-hybridized carbons (Fsp3) is 0. The van der Waals surface area contributed by atoms with E-state index in [0.29, 0.717) is 16.0 Å². The van der Waals surface area contributed by atoms with Crippen molar-refractivity contribution in [3.05, 3.63) is 64.8 Å². The molecule has 5 heteroatoms. The monoisotopic (exact) mass is 343 g/mol. The Morgan fingerprint density at radius 1 is 1.14 bits per heavy atom. The molecule has 0 saturated heterocycles. The number of aromatic carboxylic acids is 1. The Balaban J connectivity index is 1.93. The second kappa shape index (κ2) is 5.54. The fourth-order valence-corrected chi connectivity index (χ4v) is 2.41. The zero-order valence-corrected chi connectivity index (χ0v) is 12.4. The highest BCUT2D eigenvalue weighted by Crippen LogP contribution is 2.31. The van der Waals surface area contributed by atoms with Gasteiger partial charge in [0.2, 0.25) is 0 Å². The van der Waals surface area contributed by atoms with E-state index in [1.54, 1.807) is 12.3 Å². The average Bonchev–Trinajstić information content (AvgIpc) is 2.49. The Kier molecular flexibility index (Phi) is 3.58. The number of aromatic nitrogens is 1. The number of halogens is 1. The summed E-state index contributed by atoms with van der Waals surface area (Å²) in [6.07, 6.45) is 1.64. The molecule has 104 valence electrons. The van der Waals surface area contributed by atoms with Crippen LogP contribution < -0.4 is 4.74 Å². The number of benzene rings is 2. The molecular formula is C16H10BrNO3. The molecule has 0 fully saturated rings. The first-order valence-electron chi connectivity index (χ1n) is 6.19. The number of para-hydroxylation sites is 1. The molecule has 4 nitrogen and oxygen atoms in total. The molecule has 2 aromatic carbocycles. The van der Waals surface area contributed by atoms with Crippen molar-refractivity contribution in [2.45, 2.75) is 0 Å².